The Bertz CT molecular complexity index is 590. The average molecular weight is 287 g/mol. The van der Waals surface area contributed by atoms with Crippen LogP contribution in [0.2, 0.25) is 0 Å². The molecule has 1 amide bonds. The van der Waals surface area contributed by atoms with E-state index in [2.05, 4.69) is 17.3 Å². The second-order valence-electron chi connectivity index (χ2n) is 4.91. The fourth-order valence-electron chi connectivity index (χ4n) is 2.16. The lowest BCUT2D eigenvalue weighted by Gasteiger charge is -2.15. The Morgan fingerprint density at radius 3 is 2.67 bits per heavy atom. The molecule has 2 rings (SSSR count). The van der Waals surface area contributed by atoms with Crippen molar-refractivity contribution < 1.29 is 9.53 Å². The van der Waals surface area contributed by atoms with Gasteiger partial charge in [0.25, 0.3) is 5.91 Å². The molecule has 0 spiro atoms. The highest BCUT2D eigenvalue weighted by atomic mass is 16.5. The fraction of sp³-hybridized carbons (Fsp3) is 0.375. The molecule has 0 fully saturated rings. The lowest BCUT2D eigenvalue weighted by atomic mass is 10.1. The first kappa shape index (κ1) is 15.1. The number of methoxy groups -OCH3 is 1. The smallest absolute Gasteiger partial charge is 0.270 e. The molecule has 0 aliphatic rings. The molecule has 0 aliphatic carbocycles. The second-order valence-corrected chi connectivity index (χ2v) is 4.91. The minimum absolute atomic E-state index is 0.0756. The number of nitrogens with one attached hydrogen (secondary N) is 1. The van der Waals surface area contributed by atoms with Gasteiger partial charge in [0, 0.05) is 12.7 Å². The molecular weight excluding hydrogens is 266 g/mol. The molecule has 1 aromatic carbocycles. The molecule has 0 saturated carbocycles. The van der Waals surface area contributed by atoms with Crippen molar-refractivity contribution in [1.29, 1.82) is 0 Å². The van der Waals surface area contributed by atoms with Crippen LogP contribution >= 0.6 is 0 Å². The van der Waals surface area contributed by atoms with Gasteiger partial charge in [0.15, 0.2) is 0 Å². The van der Waals surface area contributed by atoms with Crippen LogP contribution in [0.4, 0.5) is 0 Å². The molecule has 0 aliphatic heterocycles. The van der Waals surface area contributed by atoms with Crippen molar-refractivity contribution in [3.63, 3.8) is 0 Å². The van der Waals surface area contributed by atoms with E-state index in [1.165, 1.54) is 0 Å². The predicted molar refractivity (Wildman–Crippen MR) is 81.4 cm³/mol. The Hall–Kier alpha value is -2.30. The summed E-state index contributed by atoms with van der Waals surface area (Å²) in [6, 6.07) is 9.35. The SMILES string of the molecule is CCCn1nccc1C(=O)NC(C)c1ccc(OC)cc1. The van der Waals surface area contributed by atoms with Crippen LogP contribution in [-0.4, -0.2) is 22.8 Å². The minimum Gasteiger partial charge on any atom is -0.497 e. The summed E-state index contributed by atoms with van der Waals surface area (Å²) < 4.78 is 6.86. The highest BCUT2D eigenvalue weighted by Gasteiger charge is 2.15. The molecule has 21 heavy (non-hydrogen) atoms. The molecule has 1 N–H and O–H groups in total. The molecule has 5 heteroatoms. The van der Waals surface area contributed by atoms with Gasteiger partial charge in [-0.2, -0.15) is 5.10 Å². The van der Waals surface area contributed by atoms with E-state index in [9.17, 15) is 4.79 Å². The summed E-state index contributed by atoms with van der Waals surface area (Å²) in [7, 11) is 1.63. The molecule has 0 radical (unpaired) electrons. The van der Waals surface area contributed by atoms with Crippen molar-refractivity contribution in [1.82, 2.24) is 15.1 Å². The van der Waals surface area contributed by atoms with E-state index in [1.54, 1.807) is 24.1 Å². The van der Waals surface area contributed by atoms with Crippen LogP contribution in [0.25, 0.3) is 0 Å². The van der Waals surface area contributed by atoms with Crippen molar-refractivity contribution in [2.75, 3.05) is 7.11 Å². The van der Waals surface area contributed by atoms with Crippen LogP contribution in [0.1, 0.15) is 42.4 Å². The van der Waals surface area contributed by atoms with Crippen LogP contribution in [-0.2, 0) is 6.54 Å². The zero-order valence-corrected chi connectivity index (χ0v) is 12.7. The van der Waals surface area contributed by atoms with Crippen molar-refractivity contribution in [2.45, 2.75) is 32.9 Å². The number of aryl methyl sites for hydroxylation is 1. The lowest BCUT2D eigenvalue weighted by molar-refractivity contribution is 0.0928. The Morgan fingerprint density at radius 1 is 1.33 bits per heavy atom. The third kappa shape index (κ3) is 3.62. The van der Waals surface area contributed by atoms with Crippen LogP contribution < -0.4 is 10.1 Å². The second kappa shape index (κ2) is 6.92. The van der Waals surface area contributed by atoms with E-state index in [4.69, 9.17) is 4.74 Å². The molecule has 1 unspecified atom stereocenters. The molecule has 1 heterocycles. The normalized spacial score (nSPS) is 12.0. The number of hydrogen-bond acceptors (Lipinski definition) is 3. The fourth-order valence-corrected chi connectivity index (χ4v) is 2.16. The number of carbonyl (C=O) groups excluding carboxylic acids is 1. The monoisotopic (exact) mass is 287 g/mol. The highest BCUT2D eigenvalue weighted by molar-refractivity contribution is 5.92. The summed E-state index contributed by atoms with van der Waals surface area (Å²) in [4.78, 5) is 12.3. The summed E-state index contributed by atoms with van der Waals surface area (Å²) in [5.41, 5.74) is 1.63. The van der Waals surface area contributed by atoms with E-state index in [0.717, 1.165) is 24.3 Å². The maximum absolute atomic E-state index is 12.3. The number of ether oxygens (including phenoxy) is 1. The van der Waals surface area contributed by atoms with Gasteiger partial charge in [-0.1, -0.05) is 19.1 Å². The number of nitrogens with zero attached hydrogens (tertiary/aromatic N) is 2. The maximum atomic E-state index is 12.3. The van der Waals surface area contributed by atoms with Gasteiger partial charge in [0.1, 0.15) is 11.4 Å². The number of carbonyl (C=O) groups is 1. The minimum atomic E-state index is -0.107. The van der Waals surface area contributed by atoms with Gasteiger partial charge in [-0.05, 0) is 37.1 Å². The van der Waals surface area contributed by atoms with E-state index in [-0.39, 0.29) is 11.9 Å². The first-order chi connectivity index (χ1) is 10.2. The average Bonchev–Trinajstić information content (AvgIpc) is 2.96. The Balaban J connectivity index is 2.05. The predicted octanol–water partition coefficient (Wildman–Crippen LogP) is 2.79. The first-order valence-electron chi connectivity index (χ1n) is 7.12. The van der Waals surface area contributed by atoms with Crippen LogP contribution in [0, 0.1) is 0 Å². The van der Waals surface area contributed by atoms with Crippen molar-refractivity contribution in [3.05, 3.63) is 47.8 Å². The largest absolute Gasteiger partial charge is 0.497 e. The van der Waals surface area contributed by atoms with E-state index in [0.29, 0.717) is 5.69 Å². The van der Waals surface area contributed by atoms with Gasteiger partial charge in [-0.25, -0.2) is 0 Å². The van der Waals surface area contributed by atoms with Gasteiger partial charge >= 0.3 is 0 Å². The number of aromatic nitrogens is 2. The lowest BCUT2D eigenvalue weighted by Crippen LogP contribution is -2.28. The van der Waals surface area contributed by atoms with Gasteiger partial charge in [-0.15, -0.1) is 0 Å². The van der Waals surface area contributed by atoms with Crippen molar-refractivity contribution in [3.8, 4) is 5.75 Å². The third-order valence-corrected chi connectivity index (χ3v) is 3.35. The third-order valence-electron chi connectivity index (χ3n) is 3.35. The van der Waals surface area contributed by atoms with Gasteiger partial charge in [0.05, 0.1) is 13.2 Å². The van der Waals surface area contributed by atoms with Crippen molar-refractivity contribution >= 4 is 5.91 Å². The molecular formula is C16H21N3O2. The number of rotatable bonds is 6. The molecule has 1 atom stereocenters. The summed E-state index contributed by atoms with van der Waals surface area (Å²) in [6.07, 6.45) is 2.60. The molecule has 112 valence electrons. The summed E-state index contributed by atoms with van der Waals surface area (Å²) in [6.45, 7) is 4.76. The van der Waals surface area contributed by atoms with E-state index < -0.39 is 0 Å². The summed E-state index contributed by atoms with van der Waals surface area (Å²) in [5, 5.41) is 7.16. The summed E-state index contributed by atoms with van der Waals surface area (Å²) >= 11 is 0. The Labute approximate surface area is 124 Å². The van der Waals surface area contributed by atoms with Gasteiger partial charge < -0.3 is 10.1 Å². The standard InChI is InChI=1S/C16H21N3O2/c1-4-11-19-15(9-10-17-19)16(20)18-12(2)13-5-7-14(21-3)8-6-13/h5-10,12H,4,11H2,1-3H3,(H,18,20). The number of benzene rings is 1. The van der Waals surface area contributed by atoms with E-state index >= 15 is 0 Å². The zero-order valence-electron chi connectivity index (χ0n) is 12.7. The topological polar surface area (TPSA) is 56.2 Å². The molecule has 0 saturated heterocycles. The quantitative estimate of drug-likeness (QED) is 0.889. The Kier molecular flexibility index (Phi) is 4.98. The molecule has 5 nitrogen and oxygen atoms in total. The number of amides is 1. The van der Waals surface area contributed by atoms with Crippen molar-refractivity contribution in [2.24, 2.45) is 0 Å². The van der Waals surface area contributed by atoms with Gasteiger partial charge in [-0.3, -0.25) is 9.48 Å². The van der Waals surface area contributed by atoms with Crippen LogP contribution in [0.3, 0.4) is 0 Å². The van der Waals surface area contributed by atoms with Gasteiger partial charge in [0.2, 0.25) is 0 Å². The maximum Gasteiger partial charge on any atom is 0.270 e. The molecule has 1 aromatic heterocycles. The first-order valence-corrected chi connectivity index (χ1v) is 7.12. The van der Waals surface area contributed by atoms with Crippen LogP contribution in [0.15, 0.2) is 36.5 Å². The molecule has 2 aromatic rings. The number of hydrogen-bond donors (Lipinski definition) is 1. The highest BCUT2D eigenvalue weighted by Crippen LogP contribution is 2.17. The summed E-state index contributed by atoms with van der Waals surface area (Å²) in [5.74, 6) is 0.697. The van der Waals surface area contributed by atoms with Crippen LogP contribution in [0.5, 0.6) is 5.75 Å². The molecule has 0 bridgehead atoms. The Morgan fingerprint density at radius 2 is 2.05 bits per heavy atom. The zero-order chi connectivity index (χ0) is 15.2. The van der Waals surface area contributed by atoms with E-state index in [1.807, 2.05) is 31.2 Å².